The van der Waals surface area contributed by atoms with Crippen molar-refractivity contribution in [2.24, 2.45) is 39.4 Å². The molecular weight excluding hydrogens is 396 g/mol. The molecule has 1 nitrogen and oxygen atoms in total. The topological polar surface area (TPSA) is 20.2 Å². The summed E-state index contributed by atoms with van der Waals surface area (Å²) in [5.41, 5.74) is 4.98. The van der Waals surface area contributed by atoms with Crippen molar-refractivity contribution in [2.45, 2.75) is 125 Å². The molecule has 178 valence electrons. The van der Waals surface area contributed by atoms with Gasteiger partial charge in [-0.1, -0.05) is 66.5 Å². The molecule has 7 atom stereocenters. The number of aliphatic hydroxyl groups excluding tert-OH is 1. The molecule has 4 rings (SSSR count). The molecule has 0 unspecified atom stereocenters. The molecule has 0 aromatic carbocycles. The van der Waals surface area contributed by atoms with Gasteiger partial charge in [-0.25, -0.2) is 0 Å². The fourth-order valence-electron chi connectivity index (χ4n) is 9.32. The van der Waals surface area contributed by atoms with Gasteiger partial charge in [0.05, 0.1) is 6.10 Å². The van der Waals surface area contributed by atoms with Crippen molar-refractivity contribution in [2.75, 3.05) is 5.75 Å². The molecule has 0 heterocycles. The standard InChI is InChI=1S/C29H50OS/c1-19(2)31-18-14-20(3)21-11-16-29(8)23-9-10-24-26(4,5)25(30)13-15-27(24,6)22(23)12-17-28(21,29)7/h19-21,24-25,30H,9-18H2,1-8H3/t20-,21-,24+,25+,27-,28-,29+/m1/s1. The molecule has 0 amide bonds. The molecule has 0 spiro atoms. The van der Waals surface area contributed by atoms with Crippen LogP contribution in [0.2, 0.25) is 0 Å². The summed E-state index contributed by atoms with van der Waals surface area (Å²) in [4.78, 5) is 0. The third-order valence-electron chi connectivity index (χ3n) is 11.5. The summed E-state index contributed by atoms with van der Waals surface area (Å²) in [5.74, 6) is 3.69. The van der Waals surface area contributed by atoms with Crippen molar-refractivity contribution in [3.63, 3.8) is 0 Å². The van der Waals surface area contributed by atoms with Crippen LogP contribution in [0.3, 0.4) is 0 Å². The second-order valence-electron chi connectivity index (χ2n) is 13.4. The molecule has 4 aliphatic carbocycles. The Morgan fingerprint density at radius 1 is 0.903 bits per heavy atom. The van der Waals surface area contributed by atoms with E-state index in [1.807, 2.05) is 11.1 Å². The lowest BCUT2D eigenvalue weighted by Gasteiger charge is -2.62. The molecule has 2 saturated carbocycles. The maximum atomic E-state index is 10.8. The van der Waals surface area contributed by atoms with E-state index >= 15 is 0 Å². The van der Waals surface area contributed by atoms with Gasteiger partial charge in [-0.2, -0.15) is 11.8 Å². The van der Waals surface area contributed by atoms with E-state index in [1.165, 1.54) is 57.1 Å². The maximum absolute atomic E-state index is 10.8. The Balaban J connectivity index is 1.63. The number of fused-ring (bicyclic) bond motifs is 4. The highest BCUT2D eigenvalue weighted by Crippen LogP contribution is 2.72. The van der Waals surface area contributed by atoms with Crippen LogP contribution in [0.5, 0.6) is 0 Å². The number of rotatable bonds is 5. The first-order valence-corrected chi connectivity index (χ1v) is 14.5. The lowest BCUT2D eigenvalue weighted by molar-refractivity contribution is -0.0962. The highest BCUT2D eigenvalue weighted by atomic mass is 32.2. The molecular formula is C29H50OS. The first kappa shape index (κ1) is 24.2. The molecule has 0 aromatic heterocycles. The second-order valence-corrected chi connectivity index (χ2v) is 15.1. The molecule has 0 bridgehead atoms. The Morgan fingerprint density at radius 3 is 2.29 bits per heavy atom. The van der Waals surface area contributed by atoms with Crippen LogP contribution in [-0.4, -0.2) is 22.2 Å². The van der Waals surface area contributed by atoms with Crippen molar-refractivity contribution >= 4 is 11.8 Å². The van der Waals surface area contributed by atoms with Gasteiger partial charge in [0.25, 0.3) is 0 Å². The Labute approximate surface area is 197 Å². The van der Waals surface area contributed by atoms with Gasteiger partial charge >= 0.3 is 0 Å². The van der Waals surface area contributed by atoms with Crippen molar-refractivity contribution in [3.8, 4) is 0 Å². The van der Waals surface area contributed by atoms with Crippen molar-refractivity contribution in [3.05, 3.63) is 11.1 Å². The largest absolute Gasteiger partial charge is 0.393 e. The minimum absolute atomic E-state index is 0.0496. The number of hydrogen-bond donors (Lipinski definition) is 1. The Hall–Kier alpha value is 0.0500. The summed E-state index contributed by atoms with van der Waals surface area (Å²) < 4.78 is 0. The number of aliphatic hydroxyl groups is 1. The van der Waals surface area contributed by atoms with Crippen LogP contribution in [0.1, 0.15) is 113 Å². The van der Waals surface area contributed by atoms with Crippen LogP contribution < -0.4 is 0 Å². The first-order valence-electron chi connectivity index (χ1n) is 13.4. The quantitative estimate of drug-likeness (QED) is 0.429. The van der Waals surface area contributed by atoms with Crippen LogP contribution in [-0.2, 0) is 0 Å². The summed E-state index contributed by atoms with van der Waals surface area (Å²) in [7, 11) is 0. The minimum Gasteiger partial charge on any atom is -0.393 e. The molecule has 0 saturated heterocycles. The van der Waals surface area contributed by atoms with E-state index in [0.717, 1.165) is 23.5 Å². The number of thioether (sulfide) groups is 1. The van der Waals surface area contributed by atoms with Crippen LogP contribution in [0.4, 0.5) is 0 Å². The minimum atomic E-state index is -0.127. The Bertz CT molecular complexity index is 722. The van der Waals surface area contributed by atoms with E-state index in [4.69, 9.17) is 0 Å². The third-order valence-corrected chi connectivity index (χ3v) is 12.6. The van der Waals surface area contributed by atoms with Gasteiger partial charge in [0.1, 0.15) is 0 Å². The molecule has 1 N–H and O–H groups in total. The van der Waals surface area contributed by atoms with E-state index in [9.17, 15) is 5.11 Å². The van der Waals surface area contributed by atoms with Gasteiger partial charge in [0.15, 0.2) is 0 Å². The Morgan fingerprint density at radius 2 is 1.61 bits per heavy atom. The fraction of sp³-hybridized carbons (Fsp3) is 0.931. The van der Waals surface area contributed by atoms with Gasteiger partial charge in [0.2, 0.25) is 0 Å². The average molecular weight is 447 g/mol. The van der Waals surface area contributed by atoms with Gasteiger partial charge in [0, 0.05) is 0 Å². The van der Waals surface area contributed by atoms with Crippen molar-refractivity contribution in [1.82, 2.24) is 0 Å². The maximum Gasteiger partial charge on any atom is 0.0594 e. The normalized spacial score (nSPS) is 45.3. The zero-order valence-electron chi connectivity index (χ0n) is 21.8. The van der Waals surface area contributed by atoms with Gasteiger partial charge in [-0.3, -0.25) is 0 Å². The van der Waals surface area contributed by atoms with E-state index in [0.29, 0.717) is 22.2 Å². The first-order chi connectivity index (χ1) is 14.4. The number of allylic oxidation sites excluding steroid dienone is 2. The smallest absolute Gasteiger partial charge is 0.0594 e. The SMILES string of the molecule is CC(C)SCC[C@@H](C)[C@H]1CC[C@@]2(C)C3=C(CC[C@]12C)[C@@]1(C)CC[C@H](O)C(C)(C)[C@@H]1CC3. The zero-order chi connectivity index (χ0) is 22.8. The fourth-order valence-corrected chi connectivity index (χ4v) is 10.3. The second kappa shape index (κ2) is 8.07. The third kappa shape index (κ3) is 3.51. The highest BCUT2D eigenvalue weighted by molar-refractivity contribution is 7.99. The summed E-state index contributed by atoms with van der Waals surface area (Å²) in [6.45, 7) is 19.9. The van der Waals surface area contributed by atoms with E-state index < -0.39 is 0 Å². The average Bonchev–Trinajstić information content (AvgIpc) is 2.96. The van der Waals surface area contributed by atoms with Crippen LogP contribution in [0.15, 0.2) is 11.1 Å². The van der Waals surface area contributed by atoms with E-state index in [1.54, 1.807) is 0 Å². The molecule has 0 radical (unpaired) electrons. The van der Waals surface area contributed by atoms with Gasteiger partial charge in [-0.05, 0) is 108 Å². The predicted octanol–water partition coefficient (Wildman–Crippen LogP) is 8.26. The van der Waals surface area contributed by atoms with Crippen LogP contribution in [0.25, 0.3) is 0 Å². The predicted molar refractivity (Wildman–Crippen MR) is 136 cm³/mol. The summed E-state index contributed by atoms with van der Waals surface area (Å²) in [5, 5.41) is 11.6. The Kier molecular flexibility index (Phi) is 6.30. The molecule has 0 aliphatic heterocycles. The van der Waals surface area contributed by atoms with Crippen LogP contribution in [0, 0.1) is 39.4 Å². The van der Waals surface area contributed by atoms with Gasteiger partial charge < -0.3 is 5.11 Å². The van der Waals surface area contributed by atoms with Crippen molar-refractivity contribution in [1.29, 1.82) is 0 Å². The molecule has 4 aliphatic rings. The lowest BCUT2D eigenvalue weighted by atomic mass is 9.43. The zero-order valence-corrected chi connectivity index (χ0v) is 22.6. The monoisotopic (exact) mass is 446 g/mol. The summed E-state index contributed by atoms with van der Waals surface area (Å²) >= 11 is 2.15. The highest BCUT2D eigenvalue weighted by Gasteiger charge is 2.63. The number of hydrogen-bond acceptors (Lipinski definition) is 2. The van der Waals surface area contributed by atoms with Gasteiger partial charge in [-0.15, -0.1) is 0 Å². The molecule has 2 fully saturated rings. The molecule has 2 heteroatoms. The summed E-state index contributed by atoms with van der Waals surface area (Å²) in [6, 6.07) is 0. The molecule has 0 aromatic rings. The molecule has 31 heavy (non-hydrogen) atoms. The lowest BCUT2D eigenvalue weighted by Crippen LogP contribution is -2.55. The summed E-state index contributed by atoms with van der Waals surface area (Å²) in [6.07, 6.45) is 11.6. The van der Waals surface area contributed by atoms with E-state index in [2.05, 4.69) is 67.2 Å². The van der Waals surface area contributed by atoms with E-state index in [-0.39, 0.29) is 11.5 Å². The van der Waals surface area contributed by atoms with Crippen LogP contribution >= 0.6 is 11.8 Å². The van der Waals surface area contributed by atoms with Crippen molar-refractivity contribution < 1.29 is 5.11 Å².